The molecule has 0 atom stereocenters. The number of nitrogens with zero attached hydrogens (tertiary/aromatic N) is 1. The molecule has 0 saturated carbocycles. The number of carbonyl (C=O) groups excluding carboxylic acids is 1. The minimum Gasteiger partial charge on any atom is -0.478 e. The first kappa shape index (κ1) is 13.0. The maximum atomic E-state index is 11.4. The maximum Gasteiger partial charge on any atom is 0.336 e. The number of hydrogen-bond acceptors (Lipinski definition) is 3. The van der Waals surface area contributed by atoms with Gasteiger partial charge in [0.05, 0.1) is 5.56 Å². The van der Waals surface area contributed by atoms with E-state index in [-0.39, 0.29) is 5.56 Å². The monoisotopic (exact) mass is 237 g/mol. The number of hydrogen-bond donors (Lipinski definition) is 3. The number of carboxylic acid groups (broad SMARTS) is 1. The van der Waals surface area contributed by atoms with Crippen molar-refractivity contribution >= 4 is 17.7 Å². The van der Waals surface area contributed by atoms with E-state index in [4.69, 9.17) is 5.11 Å². The Labute approximate surface area is 99.2 Å². The molecule has 1 aromatic carbocycles. The molecule has 92 valence electrons. The van der Waals surface area contributed by atoms with Crippen molar-refractivity contribution in [3.05, 3.63) is 29.3 Å². The van der Waals surface area contributed by atoms with Crippen LogP contribution in [0, 0.1) is 6.92 Å². The minimum absolute atomic E-state index is 0.174. The third-order valence-electron chi connectivity index (χ3n) is 2.14. The van der Waals surface area contributed by atoms with Gasteiger partial charge in [0.25, 0.3) is 0 Å². The lowest BCUT2D eigenvalue weighted by Gasteiger charge is -2.14. The van der Waals surface area contributed by atoms with Crippen LogP contribution in [0.1, 0.15) is 15.9 Å². The van der Waals surface area contributed by atoms with E-state index >= 15 is 0 Å². The van der Waals surface area contributed by atoms with E-state index in [1.165, 1.54) is 11.1 Å². The van der Waals surface area contributed by atoms with Crippen LogP contribution in [0.5, 0.6) is 0 Å². The summed E-state index contributed by atoms with van der Waals surface area (Å²) in [5.41, 5.74) is 3.68. The summed E-state index contributed by atoms with van der Waals surface area (Å²) in [4.78, 5) is 22.3. The fourth-order valence-electron chi connectivity index (χ4n) is 1.36. The summed E-state index contributed by atoms with van der Waals surface area (Å²) < 4.78 is 0. The molecule has 0 bridgehead atoms. The number of urea groups is 1. The number of nitrogens with one attached hydrogen (secondary N) is 2. The molecule has 0 heterocycles. The van der Waals surface area contributed by atoms with Crippen LogP contribution in [0.4, 0.5) is 10.5 Å². The van der Waals surface area contributed by atoms with Crippen LogP contribution in [-0.4, -0.2) is 36.2 Å². The number of hydrazine groups is 1. The number of aromatic carboxylic acids is 1. The third kappa shape index (κ3) is 3.46. The zero-order chi connectivity index (χ0) is 13.0. The highest BCUT2D eigenvalue weighted by atomic mass is 16.4. The number of carbonyl (C=O) groups is 2. The number of rotatable bonds is 3. The van der Waals surface area contributed by atoms with Gasteiger partial charge >= 0.3 is 12.0 Å². The zero-order valence-electron chi connectivity index (χ0n) is 9.94. The van der Waals surface area contributed by atoms with Gasteiger partial charge in [0.2, 0.25) is 0 Å². The van der Waals surface area contributed by atoms with Gasteiger partial charge in [-0.3, -0.25) is 5.43 Å². The van der Waals surface area contributed by atoms with Gasteiger partial charge < -0.3 is 10.4 Å². The summed E-state index contributed by atoms with van der Waals surface area (Å²) in [5.74, 6) is -1.01. The molecule has 6 nitrogen and oxygen atoms in total. The first-order valence-electron chi connectivity index (χ1n) is 4.99. The topological polar surface area (TPSA) is 81.7 Å². The largest absolute Gasteiger partial charge is 0.478 e. The van der Waals surface area contributed by atoms with Crippen molar-refractivity contribution in [1.82, 2.24) is 10.4 Å². The fraction of sp³-hybridized carbons (Fsp3) is 0.273. The predicted molar refractivity (Wildman–Crippen MR) is 64.0 cm³/mol. The highest BCUT2D eigenvalue weighted by Gasteiger charge is 2.11. The molecule has 2 amide bonds. The molecule has 0 unspecified atom stereocenters. The van der Waals surface area contributed by atoms with Crippen molar-refractivity contribution in [3.63, 3.8) is 0 Å². The molecule has 0 radical (unpaired) electrons. The summed E-state index contributed by atoms with van der Waals surface area (Å²) in [5, 5.41) is 13.0. The average Bonchev–Trinajstić information content (AvgIpc) is 2.19. The molecular formula is C11H15N3O3. The van der Waals surface area contributed by atoms with Crippen molar-refractivity contribution in [2.75, 3.05) is 19.4 Å². The quantitative estimate of drug-likeness (QED) is 0.692. The highest BCUT2D eigenvalue weighted by molar-refractivity contribution is 5.95. The van der Waals surface area contributed by atoms with Crippen LogP contribution < -0.4 is 10.7 Å². The number of anilines is 1. The van der Waals surface area contributed by atoms with Gasteiger partial charge in [0.1, 0.15) is 0 Å². The van der Waals surface area contributed by atoms with Crippen LogP contribution in [0.2, 0.25) is 0 Å². The molecule has 0 aliphatic heterocycles. The Morgan fingerprint density at radius 1 is 1.29 bits per heavy atom. The van der Waals surface area contributed by atoms with Gasteiger partial charge in [-0.1, -0.05) is 6.07 Å². The smallest absolute Gasteiger partial charge is 0.336 e. The lowest BCUT2D eigenvalue weighted by Crippen LogP contribution is -2.39. The Balaban J connectivity index is 2.89. The molecule has 6 heteroatoms. The molecule has 0 aromatic heterocycles. The van der Waals surface area contributed by atoms with Crippen molar-refractivity contribution in [1.29, 1.82) is 0 Å². The second-order valence-corrected chi connectivity index (χ2v) is 3.74. The molecule has 0 aliphatic rings. The summed E-state index contributed by atoms with van der Waals surface area (Å²) in [6, 6.07) is 4.31. The first-order valence-corrected chi connectivity index (χ1v) is 4.99. The minimum atomic E-state index is -1.01. The number of amides is 2. The van der Waals surface area contributed by atoms with Crippen LogP contribution in [0.15, 0.2) is 18.2 Å². The molecule has 0 spiro atoms. The molecular weight excluding hydrogens is 222 g/mol. The fourth-order valence-corrected chi connectivity index (χ4v) is 1.36. The van der Waals surface area contributed by atoms with Crippen LogP contribution in [-0.2, 0) is 0 Å². The van der Waals surface area contributed by atoms with Crippen LogP contribution in [0.25, 0.3) is 0 Å². The van der Waals surface area contributed by atoms with Crippen molar-refractivity contribution in [2.24, 2.45) is 0 Å². The highest BCUT2D eigenvalue weighted by Crippen LogP contribution is 2.18. The summed E-state index contributed by atoms with van der Waals surface area (Å²) in [7, 11) is 3.36. The Bertz CT molecular complexity index is 444. The lowest BCUT2D eigenvalue weighted by atomic mass is 10.1. The standard InChI is InChI=1S/C11H15N3O3/c1-7-8(10(15)16)5-4-6-9(7)12-11(17)13-14(2)3/h4-6H,1-3H3,(H,15,16)(H2,12,13,17). The lowest BCUT2D eigenvalue weighted by molar-refractivity contribution is 0.0696. The van der Waals surface area contributed by atoms with E-state index in [0.29, 0.717) is 11.3 Å². The maximum absolute atomic E-state index is 11.4. The Morgan fingerprint density at radius 2 is 1.94 bits per heavy atom. The van der Waals surface area contributed by atoms with Gasteiger partial charge in [-0.25, -0.2) is 14.6 Å². The summed E-state index contributed by atoms with van der Waals surface area (Å²) in [6.07, 6.45) is 0. The SMILES string of the molecule is Cc1c(NC(=O)NN(C)C)cccc1C(=O)O. The van der Waals surface area contributed by atoms with Gasteiger partial charge in [-0.05, 0) is 24.6 Å². The Morgan fingerprint density at radius 3 is 2.47 bits per heavy atom. The molecule has 0 fully saturated rings. The van der Waals surface area contributed by atoms with Gasteiger partial charge in [0.15, 0.2) is 0 Å². The normalized spacial score (nSPS) is 10.1. The molecule has 0 saturated heterocycles. The molecule has 1 rings (SSSR count). The first-order chi connectivity index (χ1) is 7.91. The Hall–Kier alpha value is -2.08. The number of carboxylic acids is 1. The molecule has 3 N–H and O–H groups in total. The zero-order valence-corrected chi connectivity index (χ0v) is 9.94. The number of benzene rings is 1. The van der Waals surface area contributed by atoms with Gasteiger partial charge in [0, 0.05) is 19.8 Å². The molecule has 0 aliphatic carbocycles. The van der Waals surface area contributed by atoms with Crippen LogP contribution in [0.3, 0.4) is 0 Å². The molecule has 17 heavy (non-hydrogen) atoms. The molecule has 1 aromatic rings. The average molecular weight is 237 g/mol. The summed E-state index contributed by atoms with van der Waals surface area (Å²) in [6.45, 7) is 1.65. The van der Waals surface area contributed by atoms with E-state index in [2.05, 4.69) is 10.7 Å². The van der Waals surface area contributed by atoms with Gasteiger partial charge in [-0.15, -0.1) is 0 Å². The van der Waals surface area contributed by atoms with E-state index in [1.807, 2.05) is 0 Å². The van der Waals surface area contributed by atoms with Crippen LogP contribution >= 0.6 is 0 Å². The van der Waals surface area contributed by atoms with Crippen molar-refractivity contribution < 1.29 is 14.7 Å². The Kier molecular flexibility index (Phi) is 4.06. The van der Waals surface area contributed by atoms with E-state index < -0.39 is 12.0 Å². The second kappa shape index (κ2) is 5.31. The van der Waals surface area contributed by atoms with Gasteiger partial charge in [-0.2, -0.15) is 0 Å². The second-order valence-electron chi connectivity index (χ2n) is 3.74. The summed E-state index contributed by atoms with van der Waals surface area (Å²) >= 11 is 0. The third-order valence-corrected chi connectivity index (χ3v) is 2.14. The van der Waals surface area contributed by atoms with E-state index in [1.54, 1.807) is 33.2 Å². The van der Waals surface area contributed by atoms with E-state index in [9.17, 15) is 9.59 Å². The van der Waals surface area contributed by atoms with E-state index in [0.717, 1.165) is 0 Å². The van der Waals surface area contributed by atoms with Crippen molar-refractivity contribution in [3.8, 4) is 0 Å². The van der Waals surface area contributed by atoms with Crippen molar-refractivity contribution in [2.45, 2.75) is 6.92 Å². The predicted octanol–water partition coefficient (Wildman–Crippen LogP) is 1.29.